The summed E-state index contributed by atoms with van der Waals surface area (Å²) in [7, 11) is 3.75. The van der Waals surface area contributed by atoms with Crippen molar-refractivity contribution in [3.8, 4) is 11.3 Å². The van der Waals surface area contributed by atoms with E-state index in [0.717, 1.165) is 11.0 Å². The second-order valence-electron chi connectivity index (χ2n) is 9.77. The zero-order valence-electron chi connectivity index (χ0n) is 22.3. The third-order valence-electron chi connectivity index (χ3n) is 6.40. The summed E-state index contributed by atoms with van der Waals surface area (Å²) in [6.07, 6.45) is 0.268. The number of aromatic nitrogens is 4. The number of carboxylic acid groups (broad SMARTS) is 1. The van der Waals surface area contributed by atoms with Crippen molar-refractivity contribution in [1.82, 2.24) is 19.5 Å². The Kier molecular flexibility index (Phi) is 8.37. The molecule has 0 unspecified atom stereocenters. The molecule has 0 saturated heterocycles. The van der Waals surface area contributed by atoms with Crippen LogP contribution in [-0.2, 0) is 11.8 Å². The molecule has 0 aliphatic rings. The van der Waals surface area contributed by atoms with Crippen molar-refractivity contribution < 1.29 is 24.5 Å². The maximum Gasteiger partial charge on any atom is 0.305 e. The Morgan fingerprint density at radius 1 is 1.08 bits per heavy atom. The zero-order chi connectivity index (χ0) is 28.3. The lowest BCUT2D eigenvalue weighted by Gasteiger charge is -2.21. The van der Waals surface area contributed by atoms with Crippen LogP contribution in [-0.4, -0.2) is 60.1 Å². The number of para-hydroxylation sites is 2. The summed E-state index contributed by atoms with van der Waals surface area (Å²) >= 11 is 0. The zero-order valence-corrected chi connectivity index (χ0v) is 22.3. The van der Waals surface area contributed by atoms with Gasteiger partial charge in [-0.25, -0.2) is 19.3 Å². The lowest BCUT2D eigenvalue weighted by atomic mass is 9.97. The first-order chi connectivity index (χ1) is 18.5. The SMILES string of the molecule is CC(C)c1nc(N(C)c2nc3ccccc3n2C)nc(-c2ccc(F)cc2)c1/C=C/[C@@H](O)C[C@@H](O)CC(=O)O. The average Bonchev–Trinajstić information content (AvgIpc) is 3.23. The number of nitrogens with zero attached hydrogens (tertiary/aromatic N) is 5. The number of aliphatic hydroxyl groups excluding tert-OH is 2. The molecule has 2 atom stereocenters. The molecule has 3 N–H and O–H groups in total. The molecule has 4 aromatic rings. The lowest BCUT2D eigenvalue weighted by Crippen LogP contribution is -2.20. The fraction of sp³-hybridized carbons (Fsp3) is 0.310. The van der Waals surface area contributed by atoms with Gasteiger partial charge in [0.15, 0.2) is 0 Å². The van der Waals surface area contributed by atoms with E-state index in [2.05, 4.69) is 0 Å². The molecule has 204 valence electrons. The molecule has 0 spiro atoms. The molecule has 0 saturated carbocycles. The van der Waals surface area contributed by atoms with E-state index in [1.807, 2.05) is 56.8 Å². The number of aliphatic carboxylic acids is 1. The van der Waals surface area contributed by atoms with Crippen LogP contribution in [0.2, 0.25) is 0 Å². The normalized spacial score (nSPS) is 13.3. The largest absolute Gasteiger partial charge is 0.481 e. The van der Waals surface area contributed by atoms with Crippen LogP contribution in [0, 0.1) is 5.82 Å². The minimum Gasteiger partial charge on any atom is -0.481 e. The number of imidazole rings is 1. The van der Waals surface area contributed by atoms with Crippen LogP contribution in [0.4, 0.5) is 16.3 Å². The molecule has 0 amide bonds. The molecular weight excluding hydrogens is 501 g/mol. The fourth-order valence-corrected chi connectivity index (χ4v) is 4.43. The number of carbonyl (C=O) groups is 1. The molecule has 0 radical (unpaired) electrons. The second kappa shape index (κ2) is 11.7. The van der Waals surface area contributed by atoms with Crippen LogP contribution in [0.15, 0.2) is 54.6 Å². The fourth-order valence-electron chi connectivity index (χ4n) is 4.43. The summed E-state index contributed by atoms with van der Waals surface area (Å²) in [5, 5.41) is 29.3. The minimum atomic E-state index is -1.19. The standard InChI is InChI=1S/C29H32FN5O4/c1-17(2)26-22(14-13-20(36)15-21(37)16-25(38)39)27(18-9-11-19(30)12-10-18)33-28(32-26)35(4)29-31-23-7-5-6-8-24(23)34(29)3/h5-14,17,20-21,36-37H,15-16H2,1-4H3,(H,38,39)/b14-13+/t20-,21-/m1/s1. The Balaban J connectivity index is 1.81. The van der Waals surface area contributed by atoms with Crippen LogP contribution < -0.4 is 4.90 Å². The molecule has 0 fully saturated rings. The van der Waals surface area contributed by atoms with E-state index >= 15 is 0 Å². The first-order valence-electron chi connectivity index (χ1n) is 12.6. The molecule has 0 bridgehead atoms. The highest BCUT2D eigenvalue weighted by Gasteiger charge is 2.22. The van der Waals surface area contributed by atoms with Gasteiger partial charge in [-0.3, -0.25) is 9.69 Å². The number of halogens is 1. The third-order valence-corrected chi connectivity index (χ3v) is 6.40. The van der Waals surface area contributed by atoms with Crippen molar-refractivity contribution in [2.24, 2.45) is 7.05 Å². The third kappa shape index (κ3) is 6.30. The molecule has 0 aliphatic carbocycles. The summed E-state index contributed by atoms with van der Waals surface area (Å²) in [4.78, 5) is 27.1. The Bertz CT molecular complexity index is 1500. The maximum absolute atomic E-state index is 13.8. The molecule has 10 heteroatoms. The van der Waals surface area contributed by atoms with E-state index in [0.29, 0.717) is 34.4 Å². The van der Waals surface area contributed by atoms with Gasteiger partial charge in [0.2, 0.25) is 11.9 Å². The van der Waals surface area contributed by atoms with Gasteiger partial charge < -0.3 is 19.9 Å². The van der Waals surface area contributed by atoms with E-state index in [-0.39, 0.29) is 18.2 Å². The minimum absolute atomic E-state index is 0.0471. The van der Waals surface area contributed by atoms with Crippen LogP contribution in [0.3, 0.4) is 0 Å². The van der Waals surface area contributed by atoms with Crippen molar-refractivity contribution in [2.75, 3.05) is 11.9 Å². The molecule has 39 heavy (non-hydrogen) atoms. The van der Waals surface area contributed by atoms with Crippen LogP contribution in [0.1, 0.15) is 43.9 Å². The molecule has 9 nitrogen and oxygen atoms in total. The molecule has 2 aromatic carbocycles. The van der Waals surface area contributed by atoms with Crippen molar-refractivity contribution >= 4 is 35.0 Å². The van der Waals surface area contributed by atoms with Crippen LogP contribution >= 0.6 is 0 Å². The molecule has 4 rings (SSSR count). The number of anilines is 2. The number of hydrogen-bond donors (Lipinski definition) is 3. The summed E-state index contributed by atoms with van der Waals surface area (Å²) < 4.78 is 15.7. The monoisotopic (exact) mass is 533 g/mol. The van der Waals surface area contributed by atoms with Gasteiger partial charge in [-0.2, -0.15) is 0 Å². The molecule has 2 aromatic heterocycles. The highest BCUT2D eigenvalue weighted by Crippen LogP contribution is 2.33. The maximum atomic E-state index is 13.8. The van der Waals surface area contributed by atoms with Gasteiger partial charge in [0.25, 0.3) is 0 Å². The van der Waals surface area contributed by atoms with Crippen molar-refractivity contribution in [2.45, 2.75) is 44.8 Å². The smallest absolute Gasteiger partial charge is 0.305 e. The number of aryl methyl sites for hydroxylation is 1. The quantitative estimate of drug-likeness (QED) is 0.269. The highest BCUT2D eigenvalue weighted by atomic mass is 19.1. The summed E-state index contributed by atoms with van der Waals surface area (Å²) in [5.41, 5.74) is 4.30. The Morgan fingerprint density at radius 3 is 2.41 bits per heavy atom. The predicted molar refractivity (Wildman–Crippen MR) is 148 cm³/mol. The first-order valence-corrected chi connectivity index (χ1v) is 12.6. The van der Waals surface area contributed by atoms with Gasteiger partial charge in [0.05, 0.1) is 41.1 Å². The number of hydrogen-bond acceptors (Lipinski definition) is 7. The summed E-state index contributed by atoms with van der Waals surface area (Å²) in [6.45, 7) is 3.97. The number of benzene rings is 2. The lowest BCUT2D eigenvalue weighted by molar-refractivity contribution is -0.139. The number of aliphatic hydroxyl groups is 2. The van der Waals surface area contributed by atoms with Crippen molar-refractivity contribution in [3.05, 3.63) is 71.7 Å². The first kappa shape index (κ1) is 27.9. The number of rotatable bonds is 10. The van der Waals surface area contributed by atoms with Gasteiger partial charge in [-0.05, 0) is 42.3 Å². The predicted octanol–water partition coefficient (Wildman–Crippen LogP) is 4.66. The second-order valence-corrected chi connectivity index (χ2v) is 9.77. The highest BCUT2D eigenvalue weighted by molar-refractivity contribution is 5.80. The topological polar surface area (TPSA) is 125 Å². The van der Waals surface area contributed by atoms with Crippen molar-refractivity contribution in [1.29, 1.82) is 0 Å². The van der Waals surface area contributed by atoms with Gasteiger partial charge in [0.1, 0.15) is 5.82 Å². The number of carboxylic acids is 1. The van der Waals surface area contributed by atoms with E-state index < -0.39 is 24.6 Å². The van der Waals surface area contributed by atoms with E-state index in [1.54, 1.807) is 23.1 Å². The summed E-state index contributed by atoms with van der Waals surface area (Å²) in [6, 6.07) is 13.8. The average molecular weight is 534 g/mol. The molecule has 2 heterocycles. The van der Waals surface area contributed by atoms with Gasteiger partial charge in [0, 0.05) is 31.6 Å². The van der Waals surface area contributed by atoms with Gasteiger partial charge >= 0.3 is 5.97 Å². The Hall–Kier alpha value is -4.15. The van der Waals surface area contributed by atoms with Gasteiger partial charge in [-0.1, -0.05) is 38.1 Å². The van der Waals surface area contributed by atoms with E-state index in [9.17, 15) is 19.4 Å². The van der Waals surface area contributed by atoms with Gasteiger partial charge in [-0.15, -0.1) is 0 Å². The summed E-state index contributed by atoms with van der Waals surface area (Å²) in [5.74, 6) is -0.538. The Morgan fingerprint density at radius 2 is 1.77 bits per heavy atom. The van der Waals surface area contributed by atoms with Crippen LogP contribution in [0.5, 0.6) is 0 Å². The molecule has 0 aliphatic heterocycles. The van der Waals surface area contributed by atoms with E-state index in [4.69, 9.17) is 20.1 Å². The van der Waals surface area contributed by atoms with Crippen molar-refractivity contribution in [3.63, 3.8) is 0 Å². The molecular formula is C29H32FN5O4. The van der Waals surface area contributed by atoms with E-state index in [1.165, 1.54) is 18.2 Å². The Labute approximate surface area is 225 Å². The van der Waals surface area contributed by atoms with Crippen LogP contribution in [0.25, 0.3) is 28.4 Å². The number of fused-ring (bicyclic) bond motifs is 1.